The second kappa shape index (κ2) is 19.6. The van der Waals surface area contributed by atoms with Gasteiger partial charge in [0.2, 0.25) is 23.6 Å². The van der Waals surface area contributed by atoms with Gasteiger partial charge >= 0.3 is 0 Å². The summed E-state index contributed by atoms with van der Waals surface area (Å²) in [5.74, 6) is -0.698. The van der Waals surface area contributed by atoms with Gasteiger partial charge in [0.25, 0.3) is 11.4 Å². The van der Waals surface area contributed by atoms with E-state index in [1.165, 1.54) is 26.0 Å². The number of nitro benzene ring substituents is 2. The van der Waals surface area contributed by atoms with Crippen molar-refractivity contribution in [3.8, 4) is 22.3 Å². The van der Waals surface area contributed by atoms with Gasteiger partial charge in [0.15, 0.2) is 0 Å². The molecule has 6 rings (SSSR count). The Bertz CT molecular complexity index is 2270. The molecule has 2 saturated heterocycles. The fourth-order valence-corrected chi connectivity index (χ4v) is 8.88. The lowest BCUT2D eigenvalue weighted by Crippen LogP contribution is -2.49. The molecule has 2 heterocycles. The Labute approximate surface area is 358 Å². The molecule has 0 saturated carbocycles. The molecule has 316 valence electrons. The number of piperazine rings is 2. The summed E-state index contributed by atoms with van der Waals surface area (Å²) in [6, 6.07) is 21.1. The molecular weight excluding hydrogens is 797 g/mol. The molecule has 0 aromatic heterocycles. The summed E-state index contributed by atoms with van der Waals surface area (Å²) in [5.41, 5.74) is 3.75. The molecule has 0 unspecified atom stereocenters. The van der Waals surface area contributed by atoms with E-state index < -0.39 is 9.85 Å². The molecule has 0 atom stereocenters. The molecule has 2 aliphatic heterocycles. The number of hydrogen-bond acceptors (Lipinski definition) is 9. The van der Waals surface area contributed by atoms with Crippen molar-refractivity contribution in [2.75, 3.05) is 52.4 Å². The summed E-state index contributed by atoms with van der Waals surface area (Å²) in [5, 5.41) is 26.5. The third kappa shape index (κ3) is 9.89. The molecule has 0 bridgehead atoms. The van der Waals surface area contributed by atoms with Crippen LogP contribution in [0.25, 0.3) is 34.4 Å². The fraction of sp³-hybridized carbons (Fsp3) is 0.304. The van der Waals surface area contributed by atoms with Gasteiger partial charge in [0.05, 0.1) is 30.8 Å². The first kappa shape index (κ1) is 44.0. The van der Waals surface area contributed by atoms with E-state index in [4.69, 9.17) is 0 Å². The number of rotatable bonds is 12. The van der Waals surface area contributed by atoms with Crippen LogP contribution in [0.4, 0.5) is 11.4 Å². The Morgan fingerprint density at radius 1 is 0.557 bits per heavy atom. The molecule has 2 fully saturated rings. The lowest BCUT2D eigenvalue weighted by molar-refractivity contribution is -0.387. The quantitative estimate of drug-likeness (QED) is 0.0796. The van der Waals surface area contributed by atoms with E-state index in [0.717, 1.165) is 22.9 Å². The minimum atomic E-state index is -0.484. The minimum Gasteiger partial charge on any atom is -0.339 e. The second-order valence-corrected chi connectivity index (χ2v) is 15.8. The molecule has 0 N–H and O–H groups in total. The monoisotopic (exact) mass is 844 g/mol. The standard InChI is InChI=1S/C46H48N6O8S/c1-5-33-11-7-9-13-37(33)43-35(17-21-41(55)49-27-23-47(24-28-49)31(3)53)15-19-39(45(43)51(57)58)61-40-20-16-36(18-22-42(56)50-29-25-48(26-30-50)32(4)54)44(46(40)52(59)60)38-14-10-8-12-34(38)6-2/h7-22H,5-6,23-30H2,1-4H3/b21-17+,22-18+. The summed E-state index contributed by atoms with van der Waals surface area (Å²) in [6.45, 7) is 9.96. The SMILES string of the molecule is CCc1ccccc1-c1c(/C=C/C(=O)N2CCN(C(C)=O)CC2)ccc(Sc2ccc(/C=C/C(=O)N3CCN(C(C)=O)CC3)c(-c3ccccc3CC)c2[N+](=O)[O-])c1[N+](=O)[O-]. The van der Waals surface area contributed by atoms with Crippen molar-refractivity contribution in [2.45, 2.75) is 50.3 Å². The van der Waals surface area contributed by atoms with Crippen LogP contribution in [0.15, 0.2) is 94.7 Å². The number of hydrogen-bond donors (Lipinski definition) is 0. The van der Waals surface area contributed by atoms with Crippen molar-refractivity contribution >= 4 is 58.9 Å². The summed E-state index contributed by atoms with van der Waals surface area (Å²) < 4.78 is 0. The molecular formula is C46H48N6O8S. The highest BCUT2D eigenvalue weighted by Crippen LogP contribution is 2.49. The van der Waals surface area contributed by atoms with Crippen molar-refractivity contribution < 1.29 is 29.0 Å². The highest BCUT2D eigenvalue weighted by atomic mass is 32.2. The largest absolute Gasteiger partial charge is 0.339 e. The van der Waals surface area contributed by atoms with Gasteiger partial charge in [-0.2, -0.15) is 0 Å². The minimum absolute atomic E-state index is 0.0584. The van der Waals surface area contributed by atoms with Gasteiger partial charge in [-0.15, -0.1) is 0 Å². The van der Waals surface area contributed by atoms with Gasteiger partial charge in [-0.1, -0.05) is 86.3 Å². The normalized spacial score (nSPS) is 14.5. The Balaban J connectivity index is 1.45. The van der Waals surface area contributed by atoms with Gasteiger partial charge in [-0.05, 0) is 70.5 Å². The zero-order valence-corrected chi connectivity index (χ0v) is 35.5. The number of nitro groups is 2. The topological polar surface area (TPSA) is 168 Å². The van der Waals surface area contributed by atoms with E-state index in [1.807, 2.05) is 38.1 Å². The number of carbonyl (C=O) groups excluding carboxylic acids is 4. The number of aryl methyl sites for hydroxylation is 2. The van der Waals surface area contributed by atoms with Gasteiger partial charge < -0.3 is 19.6 Å². The Morgan fingerprint density at radius 2 is 0.902 bits per heavy atom. The van der Waals surface area contributed by atoms with Crippen LogP contribution in [-0.4, -0.2) is 105 Å². The average Bonchev–Trinajstić information content (AvgIpc) is 3.27. The molecule has 4 aromatic rings. The van der Waals surface area contributed by atoms with Crippen LogP contribution in [0.5, 0.6) is 0 Å². The molecule has 15 heteroatoms. The summed E-state index contributed by atoms with van der Waals surface area (Å²) in [6.07, 6.45) is 7.03. The first-order valence-electron chi connectivity index (χ1n) is 20.2. The second-order valence-electron chi connectivity index (χ2n) is 14.7. The van der Waals surface area contributed by atoms with E-state index in [1.54, 1.807) is 80.3 Å². The molecule has 2 aliphatic rings. The molecule has 14 nitrogen and oxygen atoms in total. The lowest BCUT2D eigenvalue weighted by atomic mass is 9.92. The van der Waals surface area contributed by atoms with Crippen LogP contribution >= 0.6 is 11.8 Å². The number of carbonyl (C=O) groups is 4. The summed E-state index contributed by atoms with van der Waals surface area (Å²) >= 11 is 0.912. The lowest BCUT2D eigenvalue weighted by Gasteiger charge is -2.33. The summed E-state index contributed by atoms with van der Waals surface area (Å²) in [4.78, 5) is 82.9. The molecule has 0 radical (unpaired) electrons. The van der Waals surface area contributed by atoms with Crippen molar-refractivity contribution in [1.29, 1.82) is 0 Å². The first-order valence-corrected chi connectivity index (χ1v) is 21.1. The first-order chi connectivity index (χ1) is 29.3. The van der Waals surface area contributed by atoms with Crippen LogP contribution in [0.3, 0.4) is 0 Å². The Kier molecular flexibility index (Phi) is 14.1. The third-order valence-electron chi connectivity index (χ3n) is 11.2. The molecule has 4 amide bonds. The zero-order valence-electron chi connectivity index (χ0n) is 34.7. The van der Waals surface area contributed by atoms with Crippen LogP contribution in [0.2, 0.25) is 0 Å². The van der Waals surface area contributed by atoms with E-state index in [2.05, 4.69) is 0 Å². The van der Waals surface area contributed by atoms with E-state index in [9.17, 15) is 39.4 Å². The maximum atomic E-state index is 13.4. The van der Waals surface area contributed by atoms with Crippen molar-refractivity contribution in [2.24, 2.45) is 0 Å². The fourth-order valence-electron chi connectivity index (χ4n) is 7.83. The zero-order chi connectivity index (χ0) is 43.8. The van der Waals surface area contributed by atoms with Crippen LogP contribution in [0.1, 0.15) is 49.9 Å². The van der Waals surface area contributed by atoms with Gasteiger partial charge in [0.1, 0.15) is 0 Å². The molecule has 0 aliphatic carbocycles. The predicted octanol–water partition coefficient (Wildman–Crippen LogP) is 7.52. The van der Waals surface area contributed by atoms with Crippen LogP contribution in [-0.2, 0) is 32.0 Å². The Morgan fingerprint density at radius 3 is 1.23 bits per heavy atom. The highest BCUT2D eigenvalue weighted by Gasteiger charge is 2.31. The van der Waals surface area contributed by atoms with Gasteiger partial charge in [-0.25, -0.2) is 0 Å². The number of benzene rings is 4. The maximum absolute atomic E-state index is 13.4. The van der Waals surface area contributed by atoms with Crippen molar-refractivity contribution in [1.82, 2.24) is 19.6 Å². The molecule has 4 aromatic carbocycles. The van der Waals surface area contributed by atoms with Crippen molar-refractivity contribution in [3.63, 3.8) is 0 Å². The van der Waals surface area contributed by atoms with Crippen molar-refractivity contribution in [3.05, 3.63) is 127 Å². The molecule has 61 heavy (non-hydrogen) atoms. The average molecular weight is 845 g/mol. The molecule has 0 spiro atoms. The third-order valence-corrected chi connectivity index (χ3v) is 12.2. The highest BCUT2D eigenvalue weighted by molar-refractivity contribution is 7.99. The predicted molar refractivity (Wildman–Crippen MR) is 236 cm³/mol. The Hall–Kier alpha value is -6.61. The van der Waals surface area contributed by atoms with Crippen LogP contribution in [0, 0.1) is 20.2 Å². The number of nitrogens with zero attached hydrogens (tertiary/aromatic N) is 6. The summed E-state index contributed by atoms with van der Waals surface area (Å²) in [7, 11) is 0. The van der Waals surface area contributed by atoms with E-state index in [0.29, 0.717) is 87.5 Å². The van der Waals surface area contributed by atoms with Crippen LogP contribution < -0.4 is 0 Å². The van der Waals surface area contributed by atoms with Gasteiger partial charge in [0, 0.05) is 78.4 Å². The van der Waals surface area contributed by atoms with E-state index in [-0.39, 0.29) is 55.9 Å². The number of amides is 4. The van der Waals surface area contributed by atoms with E-state index >= 15 is 0 Å². The smallest absolute Gasteiger partial charge is 0.291 e. The maximum Gasteiger partial charge on any atom is 0.291 e. The van der Waals surface area contributed by atoms with Gasteiger partial charge in [-0.3, -0.25) is 39.4 Å².